The van der Waals surface area contributed by atoms with Gasteiger partial charge >= 0.3 is 49.9 Å². The van der Waals surface area contributed by atoms with Gasteiger partial charge in [-0.3, -0.25) is 0 Å². The van der Waals surface area contributed by atoms with Crippen molar-refractivity contribution in [3.05, 3.63) is 29.8 Å². The summed E-state index contributed by atoms with van der Waals surface area (Å²) in [6.45, 7) is 0. The Bertz CT molecular complexity index is 262. The minimum absolute atomic E-state index is 0. The third-order valence-corrected chi connectivity index (χ3v) is 1.18. The van der Waals surface area contributed by atoms with Crippen LogP contribution < -0.4 is 10.8 Å². The minimum atomic E-state index is -1.24. The van der Waals surface area contributed by atoms with E-state index in [-0.39, 0.29) is 61.1 Å². The standard InChI is InChI=1S/C7H7NO2.Fr/c8-6-4-2-1-3-5(6)7(9)10;/h1-4H,8H2,(H,9,10);/q;+1/p-1. The molecule has 1 aromatic carbocycles. The minimum Gasteiger partial charge on any atom is -0.545 e. The zero-order valence-electron chi connectivity index (χ0n) is 6.20. The fraction of sp³-hybridized carbons (Fsp3) is 0. The van der Waals surface area contributed by atoms with Gasteiger partial charge in [-0.2, -0.15) is 0 Å². The first-order chi connectivity index (χ1) is 4.72. The summed E-state index contributed by atoms with van der Waals surface area (Å²) in [4.78, 5) is 10.2. The molecule has 0 aliphatic carbocycles. The topological polar surface area (TPSA) is 66.2 Å². The predicted octanol–water partition coefficient (Wildman–Crippen LogP) is -0.368. The number of anilines is 1. The second-order valence-electron chi connectivity index (χ2n) is 1.87. The molecule has 2 N–H and O–H groups in total. The number of hydrogen-bond donors (Lipinski definition) is 1. The number of hydrogen-bond acceptors (Lipinski definition) is 3. The van der Waals surface area contributed by atoms with Crippen LogP contribution in [-0.2, 0) is 0 Å². The quantitative estimate of drug-likeness (QED) is 0.697. The van der Waals surface area contributed by atoms with E-state index in [1.165, 1.54) is 12.1 Å². The molecule has 0 atom stereocenters. The maximum absolute atomic E-state index is 10.2. The third-order valence-electron chi connectivity index (χ3n) is 1.18. The number of para-hydroxylation sites is 1. The first-order valence-electron chi connectivity index (χ1n) is 2.77. The van der Waals surface area contributed by atoms with Crippen molar-refractivity contribution in [1.29, 1.82) is 0 Å². The number of nitrogen functional groups attached to an aromatic ring is 1. The summed E-state index contributed by atoms with van der Waals surface area (Å²) < 4.78 is 0. The predicted molar refractivity (Wildman–Crippen MR) is 35.2 cm³/mol. The average Bonchev–Trinajstić information content (AvgIpc) is 1.88. The molecule has 0 saturated heterocycles. The van der Waals surface area contributed by atoms with Gasteiger partial charge in [-0.05, 0) is 6.07 Å². The van der Waals surface area contributed by atoms with Gasteiger partial charge in [-0.1, -0.05) is 18.2 Å². The van der Waals surface area contributed by atoms with E-state index in [0.29, 0.717) is 0 Å². The summed E-state index contributed by atoms with van der Waals surface area (Å²) in [5.74, 6) is -1.24. The molecular weight excluding hydrogens is 353 g/mol. The Kier molecular flexibility index (Phi) is 4.90. The fourth-order valence-corrected chi connectivity index (χ4v) is 0.683. The second-order valence-corrected chi connectivity index (χ2v) is 1.87. The second kappa shape index (κ2) is 4.86. The first-order valence-corrected chi connectivity index (χ1v) is 2.77. The van der Waals surface area contributed by atoms with E-state index in [1.807, 2.05) is 0 Å². The number of aromatic carboxylic acids is 1. The van der Waals surface area contributed by atoms with E-state index in [4.69, 9.17) is 5.73 Å². The Hall–Kier alpha value is 0.0874. The fourth-order valence-electron chi connectivity index (χ4n) is 0.683. The average molecular weight is 359 g/mol. The number of carboxylic acids is 1. The Morgan fingerprint density at radius 2 is 1.91 bits per heavy atom. The van der Waals surface area contributed by atoms with Gasteiger partial charge in [0, 0.05) is 11.3 Å². The zero-order valence-corrected chi connectivity index (χ0v) is 14.4. The molecule has 0 spiro atoms. The summed E-state index contributed by atoms with van der Waals surface area (Å²) in [5, 5.41) is 10.2. The molecule has 0 bridgehead atoms. The van der Waals surface area contributed by atoms with E-state index in [9.17, 15) is 9.90 Å². The molecule has 0 aliphatic rings. The van der Waals surface area contributed by atoms with Crippen LogP contribution in [0.4, 0.5) is 5.69 Å². The van der Waals surface area contributed by atoms with Crippen LogP contribution in [0.2, 0.25) is 0 Å². The van der Waals surface area contributed by atoms with Gasteiger partial charge in [0.2, 0.25) is 0 Å². The van der Waals surface area contributed by atoms with Crippen molar-refractivity contribution >= 4 is 11.7 Å². The van der Waals surface area contributed by atoms with E-state index in [1.54, 1.807) is 12.1 Å². The monoisotopic (exact) mass is 359 g/mol. The molecule has 0 saturated carbocycles. The van der Waals surface area contributed by atoms with Gasteiger partial charge in [-0.15, -0.1) is 0 Å². The molecule has 1 rings (SSSR count). The van der Waals surface area contributed by atoms with Crippen LogP contribution in [0.15, 0.2) is 24.3 Å². The van der Waals surface area contributed by atoms with Gasteiger partial charge in [0.1, 0.15) is 0 Å². The molecule has 3 nitrogen and oxygen atoms in total. The van der Waals surface area contributed by atoms with Crippen LogP contribution in [0.1, 0.15) is 10.4 Å². The normalized spacial score (nSPS) is 8.36. The molecule has 0 amide bonds. The number of carbonyl (C=O) groups excluding carboxylic acids is 1. The summed E-state index contributed by atoms with van der Waals surface area (Å²) in [5.41, 5.74) is 5.58. The molecule has 0 heterocycles. The van der Waals surface area contributed by atoms with Crippen molar-refractivity contribution in [2.24, 2.45) is 0 Å². The third kappa shape index (κ3) is 2.90. The molecule has 0 aromatic heterocycles. The number of carboxylic acid groups (broad SMARTS) is 1. The Morgan fingerprint density at radius 1 is 1.36 bits per heavy atom. The van der Waals surface area contributed by atoms with Crippen molar-refractivity contribution in [2.75, 3.05) is 5.73 Å². The Labute approximate surface area is 106 Å². The number of nitrogens with two attached hydrogens (primary N) is 1. The molecule has 0 radical (unpaired) electrons. The molecule has 4 heteroatoms. The number of benzene rings is 1. The van der Waals surface area contributed by atoms with E-state index < -0.39 is 5.97 Å². The van der Waals surface area contributed by atoms with Gasteiger partial charge < -0.3 is 15.6 Å². The van der Waals surface area contributed by atoms with Gasteiger partial charge in [0.15, 0.2) is 0 Å². The summed E-state index contributed by atoms with van der Waals surface area (Å²) >= 11 is 0. The maximum Gasteiger partial charge on any atom is 1.00 e. The van der Waals surface area contributed by atoms with Crippen LogP contribution in [0.25, 0.3) is 0 Å². The molecule has 1 aromatic rings. The molecule has 52 valence electrons. The summed E-state index contributed by atoms with van der Waals surface area (Å²) in [6, 6.07) is 6.19. The van der Waals surface area contributed by atoms with Crippen LogP contribution in [0.5, 0.6) is 0 Å². The Balaban J connectivity index is 0.000001000. The Morgan fingerprint density at radius 3 is 2.27 bits per heavy atom. The van der Waals surface area contributed by atoms with Gasteiger partial charge in [0.25, 0.3) is 0 Å². The van der Waals surface area contributed by atoms with Crippen molar-refractivity contribution in [1.82, 2.24) is 0 Å². The number of carbonyl (C=O) groups is 1. The largest absolute Gasteiger partial charge is 1.00 e. The number of rotatable bonds is 1. The van der Waals surface area contributed by atoms with Crippen molar-refractivity contribution in [3.63, 3.8) is 0 Å². The van der Waals surface area contributed by atoms with E-state index in [2.05, 4.69) is 0 Å². The summed E-state index contributed by atoms with van der Waals surface area (Å²) in [7, 11) is 0. The SMILES string of the molecule is Nc1ccccc1C(=O)[O-].[Fr+]. The van der Waals surface area contributed by atoms with Crippen molar-refractivity contribution in [2.45, 2.75) is 0 Å². The van der Waals surface area contributed by atoms with Gasteiger partial charge in [0.05, 0.1) is 5.97 Å². The molecule has 0 aliphatic heterocycles. The molecule has 0 fully saturated rings. The smallest absolute Gasteiger partial charge is 0.545 e. The first kappa shape index (κ1) is 11.1. The van der Waals surface area contributed by atoms with Gasteiger partial charge in [-0.25, -0.2) is 0 Å². The zero-order chi connectivity index (χ0) is 7.56. The van der Waals surface area contributed by atoms with Crippen LogP contribution in [0, 0.1) is 49.9 Å². The van der Waals surface area contributed by atoms with Crippen LogP contribution in [-0.4, -0.2) is 5.97 Å². The van der Waals surface area contributed by atoms with E-state index >= 15 is 0 Å². The molecule has 11 heavy (non-hydrogen) atoms. The van der Waals surface area contributed by atoms with Crippen LogP contribution in [0.3, 0.4) is 0 Å². The van der Waals surface area contributed by atoms with Crippen molar-refractivity contribution in [3.8, 4) is 0 Å². The molecule has 0 unspecified atom stereocenters. The molecular formula is C7H6FrNO2. The maximum atomic E-state index is 10.2. The van der Waals surface area contributed by atoms with Crippen molar-refractivity contribution < 1.29 is 59.8 Å². The van der Waals surface area contributed by atoms with Crippen LogP contribution >= 0.6 is 0 Å². The summed E-state index contributed by atoms with van der Waals surface area (Å²) in [6.07, 6.45) is 0. The van der Waals surface area contributed by atoms with E-state index in [0.717, 1.165) is 0 Å².